The fourth-order valence-corrected chi connectivity index (χ4v) is 0.0617. The van der Waals surface area contributed by atoms with Crippen molar-refractivity contribution in [2.45, 2.75) is 6.42 Å². The van der Waals surface area contributed by atoms with Crippen LogP contribution in [0.5, 0.6) is 0 Å². The second-order valence-corrected chi connectivity index (χ2v) is 0.715. The van der Waals surface area contributed by atoms with E-state index in [9.17, 15) is 4.79 Å². The van der Waals surface area contributed by atoms with Crippen molar-refractivity contribution in [1.29, 1.82) is 0 Å². The van der Waals surface area contributed by atoms with Gasteiger partial charge in [-0.15, -0.1) is 0 Å². The van der Waals surface area contributed by atoms with Gasteiger partial charge in [0.25, 0.3) is 5.97 Å². The fourth-order valence-electron chi connectivity index (χ4n) is 0.0617. The molecule has 0 radical (unpaired) electrons. The number of carboxylic acid groups (broad SMARTS) is 1. The summed E-state index contributed by atoms with van der Waals surface area (Å²) < 4.78 is 0. The van der Waals surface area contributed by atoms with E-state index in [-0.39, 0.29) is 0 Å². The number of carboxylic acids is 1. The second-order valence-electron chi connectivity index (χ2n) is 0.715. The average molecular weight is 87.1 g/mol. The number of hydrogen-bond acceptors (Lipinski definition) is 2. The van der Waals surface area contributed by atoms with Crippen LogP contribution in [0.1, 0.15) is 6.42 Å². The van der Waals surface area contributed by atoms with Gasteiger partial charge in [0.1, 0.15) is 0 Å². The van der Waals surface area contributed by atoms with Gasteiger partial charge in [-0.1, -0.05) is 6.42 Å². The number of rotatable bonds is 2. The molecule has 0 bridgehead atoms. The molecule has 0 aliphatic carbocycles. The van der Waals surface area contributed by atoms with Crippen LogP contribution in [0.15, 0.2) is 0 Å². The molecule has 0 aromatic carbocycles. The van der Waals surface area contributed by atoms with Crippen molar-refractivity contribution in [3.8, 4) is 0 Å². The Morgan fingerprint density at radius 1 is 1.83 bits per heavy atom. The molecule has 0 aromatic heterocycles. The maximum Gasteiger partial charge on any atom is 0.276 e. The molecule has 0 aliphatic heterocycles. The minimum absolute atomic E-state index is 0.514. The lowest BCUT2D eigenvalue weighted by Crippen LogP contribution is -1.92. The normalized spacial score (nSPS) is 7.33. The standard InChI is InChI=1S/C3H3O3/c4-2-1-3(5)6/h1H2,(H,5,6)/q-1. The minimum atomic E-state index is -1.13. The summed E-state index contributed by atoms with van der Waals surface area (Å²) in [6, 6.07) is 0. The highest BCUT2D eigenvalue weighted by atomic mass is 16.4. The van der Waals surface area contributed by atoms with Crippen molar-refractivity contribution in [1.82, 2.24) is 0 Å². The van der Waals surface area contributed by atoms with Gasteiger partial charge in [0.15, 0.2) is 0 Å². The Kier molecular flexibility index (Phi) is 2.04. The van der Waals surface area contributed by atoms with E-state index in [1.165, 1.54) is 6.29 Å². The summed E-state index contributed by atoms with van der Waals surface area (Å²) in [6.07, 6.45) is 0.704. The molecule has 6 heavy (non-hydrogen) atoms. The average Bonchev–Trinajstić information content (AvgIpc) is 1.35. The molecule has 0 atom stereocenters. The first-order valence-corrected chi connectivity index (χ1v) is 1.34. The summed E-state index contributed by atoms with van der Waals surface area (Å²) in [4.78, 5) is 18.4. The first kappa shape index (κ1) is 5.14. The second kappa shape index (κ2) is 2.38. The predicted molar refractivity (Wildman–Crippen MR) is 17.9 cm³/mol. The molecule has 3 heteroatoms. The van der Waals surface area contributed by atoms with Crippen molar-refractivity contribution in [3.63, 3.8) is 0 Å². The molecular weight excluding hydrogens is 84.0 g/mol. The van der Waals surface area contributed by atoms with Crippen LogP contribution in [0.25, 0.3) is 0 Å². The zero-order valence-electron chi connectivity index (χ0n) is 2.97. The Bertz CT molecular complexity index is 66.4. The largest absolute Gasteiger partial charge is 0.541 e. The van der Waals surface area contributed by atoms with Crippen LogP contribution in [0.4, 0.5) is 0 Å². The zero-order chi connectivity index (χ0) is 4.99. The first-order valence-electron chi connectivity index (χ1n) is 1.34. The van der Waals surface area contributed by atoms with Gasteiger partial charge in [-0.2, -0.15) is 0 Å². The smallest absolute Gasteiger partial charge is 0.276 e. The van der Waals surface area contributed by atoms with E-state index >= 15 is 0 Å². The summed E-state index contributed by atoms with van der Waals surface area (Å²) in [5, 5.41) is 7.65. The Balaban J connectivity index is 3.05. The Morgan fingerprint density at radius 3 is 2.33 bits per heavy atom. The highest BCUT2D eigenvalue weighted by Crippen LogP contribution is 1.65. The van der Waals surface area contributed by atoms with Crippen LogP contribution in [0, 0.1) is 0 Å². The molecule has 0 aromatic rings. The summed E-state index contributed by atoms with van der Waals surface area (Å²) in [6.45, 7) is 0. The third-order valence-electron chi connectivity index (χ3n) is 0.223. The summed E-state index contributed by atoms with van der Waals surface area (Å²) in [5.41, 5.74) is 0. The molecule has 0 saturated carbocycles. The molecule has 0 saturated heterocycles. The van der Waals surface area contributed by atoms with Gasteiger partial charge < -0.3 is 9.90 Å². The van der Waals surface area contributed by atoms with Gasteiger partial charge >= 0.3 is 0 Å². The van der Waals surface area contributed by atoms with Crippen molar-refractivity contribution in [3.05, 3.63) is 0 Å². The number of aliphatic carboxylic acids is 1. The van der Waals surface area contributed by atoms with E-state index in [1.54, 1.807) is 0 Å². The number of carbonyl (C=O) groups is 1. The van der Waals surface area contributed by atoms with Gasteiger partial charge in [0, 0.05) is 0 Å². The monoisotopic (exact) mass is 87.0 g/mol. The third-order valence-corrected chi connectivity index (χ3v) is 0.223. The number of carbonyl (C=O) groups excluding carboxylic acids is 1. The molecule has 0 fully saturated rings. The van der Waals surface area contributed by atoms with Gasteiger partial charge in [-0.25, -0.2) is 0 Å². The van der Waals surface area contributed by atoms with Crippen LogP contribution in [0.2, 0.25) is 0 Å². The molecule has 34 valence electrons. The van der Waals surface area contributed by atoms with Crippen LogP contribution in [0.3, 0.4) is 0 Å². The van der Waals surface area contributed by atoms with E-state index in [1.807, 2.05) is 0 Å². The molecule has 0 rings (SSSR count). The lowest BCUT2D eigenvalue weighted by molar-refractivity contribution is -0.135. The molecule has 0 aliphatic rings. The summed E-state index contributed by atoms with van der Waals surface area (Å²) >= 11 is 0. The van der Waals surface area contributed by atoms with Gasteiger partial charge in [0.05, 0.1) is 0 Å². The molecule has 0 heterocycles. The summed E-state index contributed by atoms with van der Waals surface area (Å²) in [7, 11) is 0. The van der Waals surface area contributed by atoms with E-state index in [0.717, 1.165) is 0 Å². The molecule has 1 N–H and O–H groups in total. The molecular formula is C3H3O3-. The quantitative estimate of drug-likeness (QED) is 0.367. The van der Waals surface area contributed by atoms with Crippen LogP contribution >= 0.6 is 0 Å². The Hall–Kier alpha value is -0.860. The van der Waals surface area contributed by atoms with E-state index in [4.69, 9.17) is 9.90 Å². The predicted octanol–water partition coefficient (Wildman–Crippen LogP) is -0.429. The van der Waals surface area contributed by atoms with Crippen molar-refractivity contribution in [2.24, 2.45) is 0 Å². The molecule has 0 unspecified atom stereocenters. The SMILES string of the molecule is O=[C-]CC(=O)O. The Labute approximate surface area is 34.6 Å². The highest BCUT2D eigenvalue weighted by molar-refractivity contribution is 5.82. The lowest BCUT2D eigenvalue weighted by atomic mass is 10.5. The number of hydrogen-bond donors (Lipinski definition) is 1. The topological polar surface area (TPSA) is 54.4 Å². The van der Waals surface area contributed by atoms with Crippen molar-refractivity contribution in [2.75, 3.05) is 0 Å². The van der Waals surface area contributed by atoms with Gasteiger partial charge in [0.2, 0.25) is 0 Å². The van der Waals surface area contributed by atoms with Crippen molar-refractivity contribution >= 4 is 12.3 Å². The van der Waals surface area contributed by atoms with E-state index < -0.39 is 12.4 Å². The van der Waals surface area contributed by atoms with Crippen LogP contribution in [-0.4, -0.2) is 17.4 Å². The zero-order valence-corrected chi connectivity index (χ0v) is 2.97. The first-order chi connectivity index (χ1) is 2.77. The minimum Gasteiger partial charge on any atom is -0.541 e. The third kappa shape index (κ3) is 3.14. The maximum atomic E-state index is 9.34. The molecule has 3 nitrogen and oxygen atoms in total. The van der Waals surface area contributed by atoms with E-state index in [0.29, 0.717) is 0 Å². The fraction of sp³-hybridized carbons (Fsp3) is 0.333. The lowest BCUT2D eigenvalue weighted by Gasteiger charge is -1.83. The van der Waals surface area contributed by atoms with Crippen LogP contribution in [-0.2, 0) is 9.59 Å². The molecule has 0 amide bonds. The van der Waals surface area contributed by atoms with Gasteiger partial charge in [-0.05, 0) is 0 Å². The molecule has 0 spiro atoms. The summed E-state index contributed by atoms with van der Waals surface area (Å²) in [5.74, 6) is -1.13. The van der Waals surface area contributed by atoms with Gasteiger partial charge in [-0.3, -0.25) is 11.1 Å². The van der Waals surface area contributed by atoms with Crippen LogP contribution < -0.4 is 0 Å². The van der Waals surface area contributed by atoms with Crippen molar-refractivity contribution < 1.29 is 14.7 Å². The van der Waals surface area contributed by atoms with E-state index in [2.05, 4.69) is 0 Å². The Morgan fingerprint density at radius 2 is 2.33 bits per heavy atom. The highest BCUT2D eigenvalue weighted by Gasteiger charge is 1.76. The maximum absolute atomic E-state index is 9.34.